The Morgan fingerprint density at radius 2 is 1.68 bits per heavy atom. The summed E-state index contributed by atoms with van der Waals surface area (Å²) < 4.78 is 5.28. The van der Waals surface area contributed by atoms with Gasteiger partial charge in [-0.1, -0.05) is 41.6 Å². The molecule has 19 heavy (non-hydrogen) atoms. The van der Waals surface area contributed by atoms with Crippen LogP contribution in [0.25, 0.3) is 0 Å². The van der Waals surface area contributed by atoms with Crippen LogP contribution < -0.4 is 5.32 Å². The molecule has 0 aromatic heterocycles. The van der Waals surface area contributed by atoms with Crippen molar-refractivity contribution in [1.82, 2.24) is 5.32 Å². The average molecular weight is 334 g/mol. The molecule has 4 nitrogen and oxygen atoms in total. The largest absolute Gasteiger partial charge is 0.444 e. The minimum absolute atomic E-state index is 0.0419. The molecule has 1 fully saturated rings. The molecule has 1 aliphatic carbocycles. The quantitative estimate of drug-likeness (QED) is 0.634. The number of alkyl carbamates (subject to hydrolysis) is 1. The van der Waals surface area contributed by atoms with E-state index in [2.05, 4.69) is 21.2 Å². The molecule has 0 radical (unpaired) electrons. The first-order valence-electron chi connectivity index (χ1n) is 6.89. The molecule has 0 aromatic rings. The maximum absolute atomic E-state index is 12.2. The lowest BCUT2D eigenvalue weighted by molar-refractivity contribution is -0.123. The van der Waals surface area contributed by atoms with Gasteiger partial charge in [-0.2, -0.15) is 0 Å². The zero-order valence-electron chi connectivity index (χ0n) is 12.1. The number of rotatable bonds is 3. The highest BCUT2D eigenvalue weighted by Gasteiger charge is 2.39. The molecule has 0 aromatic carbocycles. The van der Waals surface area contributed by atoms with Gasteiger partial charge in [0.2, 0.25) is 0 Å². The second kappa shape index (κ2) is 6.73. The van der Waals surface area contributed by atoms with Crippen molar-refractivity contribution < 1.29 is 14.3 Å². The predicted octanol–water partition coefficient (Wildman–Crippen LogP) is 3.57. The Morgan fingerprint density at radius 1 is 1.16 bits per heavy atom. The van der Waals surface area contributed by atoms with Crippen LogP contribution in [-0.2, 0) is 9.53 Å². The van der Waals surface area contributed by atoms with E-state index in [1.165, 1.54) is 0 Å². The molecule has 0 aliphatic heterocycles. The van der Waals surface area contributed by atoms with Crippen molar-refractivity contribution in [2.75, 3.05) is 5.33 Å². The number of ether oxygens (including phenoxy) is 1. The normalized spacial score (nSPS) is 19.4. The minimum Gasteiger partial charge on any atom is -0.444 e. The summed E-state index contributed by atoms with van der Waals surface area (Å²) in [6.07, 6.45) is 5.08. The van der Waals surface area contributed by atoms with E-state index in [0.29, 0.717) is 12.8 Å². The Labute approximate surface area is 123 Å². The number of ketones is 1. The number of nitrogens with one attached hydrogen (secondary N) is 1. The first-order valence-corrected chi connectivity index (χ1v) is 8.02. The lowest BCUT2D eigenvalue weighted by Gasteiger charge is -2.33. The molecule has 0 atom stereocenters. The Bertz CT molecular complexity index is 328. The van der Waals surface area contributed by atoms with Gasteiger partial charge >= 0.3 is 6.09 Å². The lowest BCUT2D eigenvalue weighted by atomic mass is 9.86. The van der Waals surface area contributed by atoms with E-state index in [1.807, 2.05) is 20.8 Å². The van der Waals surface area contributed by atoms with Crippen LogP contribution >= 0.6 is 15.9 Å². The highest BCUT2D eigenvalue weighted by molar-refractivity contribution is 9.09. The van der Waals surface area contributed by atoms with Crippen LogP contribution in [0.1, 0.15) is 59.3 Å². The van der Waals surface area contributed by atoms with Crippen molar-refractivity contribution in [2.45, 2.75) is 70.4 Å². The van der Waals surface area contributed by atoms with Crippen molar-refractivity contribution in [1.29, 1.82) is 0 Å². The molecule has 1 amide bonds. The molecule has 1 rings (SSSR count). The monoisotopic (exact) mass is 333 g/mol. The molecule has 1 saturated carbocycles. The van der Waals surface area contributed by atoms with Gasteiger partial charge in [0.05, 0.1) is 5.33 Å². The third-order valence-electron chi connectivity index (χ3n) is 3.35. The van der Waals surface area contributed by atoms with Crippen LogP contribution in [0.3, 0.4) is 0 Å². The lowest BCUT2D eigenvalue weighted by Crippen LogP contribution is -2.55. The van der Waals surface area contributed by atoms with Gasteiger partial charge in [-0.25, -0.2) is 4.79 Å². The van der Waals surface area contributed by atoms with Crippen LogP contribution in [-0.4, -0.2) is 28.3 Å². The van der Waals surface area contributed by atoms with Crippen molar-refractivity contribution in [3.63, 3.8) is 0 Å². The summed E-state index contributed by atoms with van der Waals surface area (Å²) in [6, 6.07) is 0. The Balaban J connectivity index is 2.79. The first kappa shape index (κ1) is 16.5. The molecular formula is C14H24BrNO3. The third kappa shape index (κ3) is 5.13. The fourth-order valence-corrected chi connectivity index (χ4v) is 2.97. The predicted molar refractivity (Wildman–Crippen MR) is 78.6 cm³/mol. The van der Waals surface area contributed by atoms with Gasteiger partial charge in [-0.3, -0.25) is 4.79 Å². The van der Waals surface area contributed by atoms with E-state index in [4.69, 9.17) is 4.74 Å². The van der Waals surface area contributed by atoms with E-state index in [0.717, 1.165) is 25.7 Å². The number of amides is 1. The SMILES string of the molecule is CC(C)(C)OC(=O)NC1(C(=O)CBr)CCCCCC1. The number of carbonyl (C=O) groups is 2. The molecule has 110 valence electrons. The zero-order chi connectivity index (χ0) is 14.5. The topological polar surface area (TPSA) is 55.4 Å². The summed E-state index contributed by atoms with van der Waals surface area (Å²) in [5.74, 6) is 0.0419. The number of hydrogen-bond acceptors (Lipinski definition) is 3. The minimum atomic E-state index is -0.748. The second-order valence-corrected chi connectivity index (χ2v) is 6.74. The molecule has 5 heteroatoms. The van der Waals surface area contributed by atoms with Crippen LogP contribution in [0, 0.1) is 0 Å². The number of carbonyl (C=O) groups excluding carboxylic acids is 2. The van der Waals surface area contributed by atoms with Crippen LogP contribution in [0.5, 0.6) is 0 Å². The van der Waals surface area contributed by atoms with E-state index in [-0.39, 0.29) is 11.1 Å². The molecule has 0 heterocycles. The van der Waals surface area contributed by atoms with Gasteiger partial charge in [0, 0.05) is 0 Å². The summed E-state index contributed by atoms with van der Waals surface area (Å²) in [4.78, 5) is 24.2. The van der Waals surface area contributed by atoms with Gasteiger partial charge < -0.3 is 10.1 Å². The summed E-state index contributed by atoms with van der Waals surface area (Å²) in [6.45, 7) is 5.45. The maximum Gasteiger partial charge on any atom is 0.408 e. The summed E-state index contributed by atoms with van der Waals surface area (Å²) in [7, 11) is 0. The molecular weight excluding hydrogens is 310 g/mol. The Morgan fingerprint density at radius 3 is 2.11 bits per heavy atom. The van der Waals surface area contributed by atoms with Crippen molar-refractivity contribution >= 4 is 27.8 Å². The second-order valence-electron chi connectivity index (χ2n) is 6.18. The summed E-state index contributed by atoms with van der Waals surface area (Å²) in [5, 5.41) is 3.11. The molecule has 0 unspecified atom stereocenters. The smallest absolute Gasteiger partial charge is 0.408 e. The van der Waals surface area contributed by atoms with E-state index in [9.17, 15) is 9.59 Å². The fourth-order valence-electron chi connectivity index (χ4n) is 2.43. The maximum atomic E-state index is 12.2. The summed E-state index contributed by atoms with van der Waals surface area (Å²) >= 11 is 3.22. The first-order chi connectivity index (χ1) is 8.79. The average Bonchev–Trinajstić information content (AvgIpc) is 2.52. The molecule has 1 N–H and O–H groups in total. The van der Waals surface area contributed by atoms with E-state index >= 15 is 0 Å². The highest BCUT2D eigenvalue weighted by atomic mass is 79.9. The Kier molecular flexibility index (Phi) is 5.83. The van der Waals surface area contributed by atoms with Gasteiger partial charge in [-0.15, -0.1) is 0 Å². The van der Waals surface area contributed by atoms with Gasteiger partial charge in [-0.05, 0) is 33.6 Å². The summed E-state index contributed by atoms with van der Waals surface area (Å²) in [5.41, 5.74) is -1.30. The standard InChI is InChI=1S/C14H24BrNO3/c1-13(2,3)19-12(18)16-14(11(17)10-15)8-6-4-5-7-9-14/h4-10H2,1-3H3,(H,16,18). The van der Waals surface area contributed by atoms with Crippen LogP contribution in [0.2, 0.25) is 0 Å². The number of Topliss-reactive ketones (excluding diaryl/α,β-unsaturated/α-hetero) is 1. The zero-order valence-corrected chi connectivity index (χ0v) is 13.6. The number of alkyl halides is 1. The van der Waals surface area contributed by atoms with Crippen molar-refractivity contribution in [3.8, 4) is 0 Å². The van der Waals surface area contributed by atoms with E-state index < -0.39 is 17.2 Å². The highest BCUT2D eigenvalue weighted by Crippen LogP contribution is 2.29. The molecule has 0 saturated heterocycles. The third-order valence-corrected chi connectivity index (χ3v) is 3.86. The number of hydrogen-bond donors (Lipinski definition) is 1. The van der Waals surface area contributed by atoms with Gasteiger partial charge in [0.15, 0.2) is 5.78 Å². The van der Waals surface area contributed by atoms with Crippen LogP contribution in [0.4, 0.5) is 4.79 Å². The number of halogens is 1. The molecule has 0 bridgehead atoms. The fraction of sp³-hybridized carbons (Fsp3) is 0.857. The van der Waals surface area contributed by atoms with Gasteiger partial charge in [0.1, 0.15) is 11.1 Å². The van der Waals surface area contributed by atoms with Gasteiger partial charge in [0.25, 0.3) is 0 Å². The molecule has 1 aliphatic rings. The van der Waals surface area contributed by atoms with Crippen LogP contribution in [0.15, 0.2) is 0 Å². The van der Waals surface area contributed by atoms with E-state index in [1.54, 1.807) is 0 Å². The van der Waals surface area contributed by atoms with Crippen molar-refractivity contribution in [3.05, 3.63) is 0 Å². The molecule has 0 spiro atoms. The van der Waals surface area contributed by atoms with Crippen molar-refractivity contribution in [2.24, 2.45) is 0 Å². The Hall–Kier alpha value is -0.580.